The molecule has 2 N–H and O–H groups in total. The van der Waals surface area contributed by atoms with Crippen LogP contribution in [0.4, 0.5) is 0 Å². The van der Waals surface area contributed by atoms with Gasteiger partial charge < -0.3 is 10.4 Å². The van der Waals surface area contributed by atoms with Gasteiger partial charge in [-0.3, -0.25) is 14.5 Å². The molecule has 1 aliphatic heterocycles. The van der Waals surface area contributed by atoms with Gasteiger partial charge in [-0.05, 0) is 44.8 Å². The van der Waals surface area contributed by atoms with Gasteiger partial charge in [-0.1, -0.05) is 36.8 Å². The second kappa shape index (κ2) is 8.11. The van der Waals surface area contributed by atoms with Crippen LogP contribution >= 0.6 is 0 Å². The van der Waals surface area contributed by atoms with Crippen LogP contribution in [0.25, 0.3) is 0 Å². The van der Waals surface area contributed by atoms with E-state index in [1.54, 1.807) is 0 Å². The van der Waals surface area contributed by atoms with Crippen LogP contribution < -0.4 is 5.32 Å². The highest BCUT2D eigenvalue weighted by atomic mass is 16.4. The number of piperidine rings is 1. The minimum absolute atomic E-state index is 0.0111. The number of likely N-dealkylation sites (tertiary alicyclic amines) is 1. The van der Waals surface area contributed by atoms with Gasteiger partial charge in [0.2, 0.25) is 5.91 Å². The molecule has 2 rings (SSSR count). The second-order valence-corrected chi connectivity index (χ2v) is 6.28. The van der Waals surface area contributed by atoms with Crippen LogP contribution in [0.3, 0.4) is 0 Å². The number of carbonyl (C=O) groups excluding carboxylic acids is 1. The molecule has 1 atom stereocenters. The highest BCUT2D eigenvalue weighted by Crippen LogP contribution is 2.20. The molecule has 0 saturated carbocycles. The molecule has 1 aliphatic rings. The van der Waals surface area contributed by atoms with E-state index in [0.717, 1.165) is 18.4 Å². The summed E-state index contributed by atoms with van der Waals surface area (Å²) in [5.74, 6) is -0.702. The Morgan fingerprint density at radius 1 is 1.26 bits per heavy atom. The van der Waals surface area contributed by atoms with Crippen molar-refractivity contribution in [3.63, 3.8) is 0 Å². The van der Waals surface area contributed by atoms with Gasteiger partial charge in [0.25, 0.3) is 0 Å². The summed E-state index contributed by atoms with van der Waals surface area (Å²) in [6.45, 7) is 5.82. The third-order valence-corrected chi connectivity index (χ3v) is 4.60. The van der Waals surface area contributed by atoms with Crippen molar-refractivity contribution in [2.24, 2.45) is 5.92 Å². The molecular formula is C18H26N2O3. The topological polar surface area (TPSA) is 69.6 Å². The molecule has 23 heavy (non-hydrogen) atoms. The van der Waals surface area contributed by atoms with Crippen molar-refractivity contribution < 1.29 is 14.7 Å². The van der Waals surface area contributed by atoms with Gasteiger partial charge in [-0.25, -0.2) is 0 Å². The second-order valence-electron chi connectivity index (χ2n) is 6.28. The molecule has 126 valence electrons. The minimum atomic E-state index is -0.769. The third-order valence-electron chi connectivity index (χ3n) is 4.60. The van der Waals surface area contributed by atoms with Gasteiger partial charge in [0.05, 0.1) is 0 Å². The summed E-state index contributed by atoms with van der Waals surface area (Å²) in [5.41, 5.74) is 2.30. The summed E-state index contributed by atoms with van der Waals surface area (Å²) >= 11 is 0. The van der Waals surface area contributed by atoms with Crippen molar-refractivity contribution in [3.8, 4) is 0 Å². The van der Waals surface area contributed by atoms with E-state index in [1.807, 2.05) is 43.0 Å². The largest absolute Gasteiger partial charge is 0.480 e. The summed E-state index contributed by atoms with van der Waals surface area (Å²) in [5, 5.41) is 12.2. The van der Waals surface area contributed by atoms with Crippen LogP contribution in [0, 0.1) is 12.8 Å². The van der Waals surface area contributed by atoms with E-state index in [9.17, 15) is 14.7 Å². The average Bonchev–Trinajstić information content (AvgIpc) is 2.55. The lowest BCUT2D eigenvalue weighted by atomic mass is 9.94. The predicted molar refractivity (Wildman–Crippen MR) is 89.0 cm³/mol. The van der Waals surface area contributed by atoms with Crippen molar-refractivity contribution in [2.45, 2.75) is 45.7 Å². The lowest BCUT2D eigenvalue weighted by Crippen LogP contribution is -2.47. The zero-order valence-corrected chi connectivity index (χ0v) is 13.9. The molecule has 0 radical (unpaired) electrons. The van der Waals surface area contributed by atoms with E-state index in [2.05, 4.69) is 5.32 Å². The van der Waals surface area contributed by atoms with Crippen molar-refractivity contribution in [2.75, 3.05) is 13.1 Å². The molecule has 0 unspecified atom stereocenters. The molecule has 5 nitrogen and oxygen atoms in total. The first-order valence-electron chi connectivity index (χ1n) is 8.31. The monoisotopic (exact) mass is 318 g/mol. The first-order valence-corrected chi connectivity index (χ1v) is 8.31. The summed E-state index contributed by atoms with van der Waals surface area (Å²) in [4.78, 5) is 25.5. The number of nitrogens with one attached hydrogen (secondary N) is 1. The standard InChI is InChI=1S/C18H26N2O3/c1-3-16(18(22)23)20-10-8-15(9-11-20)17(21)19-12-14-6-4-13(2)5-7-14/h4-7,15-16H,3,8-12H2,1-2H3,(H,19,21)(H,22,23)/t16-/m1/s1. The van der Waals surface area contributed by atoms with Gasteiger partial charge in [-0.2, -0.15) is 0 Å². The van der Waals surface area contributed by atoms with Crippen LogP contribution in [-0.2, 0) is 16.1 Å². The van der Waals surface area contributed by atoms with Crippen molar-refractivity contribution in [3.05, 3.63) is 35.4 Å². The van der Waals surface area contributed by atoms with Gasteiger partial charge in [0, 0.05) is 12.5 Å². The molecule has 0 aromatic heterocycles. The fraction of sp³-hybridized carbons (Fsp3) is 0.556. The zero-order valence-electron chi connectivity index (χ0n) is 13.9. The van der Waals surface area contributed by atoms with Crippen LogP contribution in [0.15, 0.2) is 24.3 Å². The van der Waals surface area contributed by atoms with Crippen LogP contribution in [0.2, 0.25) is 0 Å². The molecular weight excluding hydrogens is 292 g/mol. The third kappa shape index (κ3) is 4.79. The number of carboxylic acids is 1. The number of amides is 1. The lowest BCUT2D eigenvalue weighted by molar-refractivity contribution is -0.144. The minimum Gasteiger partial charge on any atom is -0.480 e. The van der Waals surface area contributed by atoms with E-state index in [4.69, 9.17) is 0 Å². The molecule has 1 aromatic rings. The first kappa shape index (κ1) is 17.5. The molecule has 1 saturated heterocycles. The Bertz CT molecular complexity index is 534. The smallest absolute Gasteiger partial charge is 0.320 e. The lowest BCUT2D eigenvalue weighted by Gasteiger charge is -2.34. The summed E-state index contributed by atoms with van der Waals surface area (Å²) in [6, 6.07) is 7.70. The first-order chi connectivity index (χ1) is 11.0. The van der Waals surface area contributed by atoms with Crippen LogP contribution in [0.1, 0.15) is 37.3 Å². The summed E-state index contributed by atoms with van der Waals surface area (Å²) < 4.78 is 0. The molecule has 1 aromatic carbocycles. The van der Waals surface area contributed by atoms with Gasteiger partial charge in [-0.15, -0.1) is 0 Å². The van der Waals surface area contributed by atoms with Crippen molar-refractivity contribution in [1.29, 1.82) is 0 Å². The number of carbonyl (C=O) groups is 2. The SMILES string of the molecule is CC[C@H](C(=O)O)N1CCC(C(=O)NCc2ccc(C)cc2)CC1. The molecule has 0 spiro atoms. The van der Waals surface area contributed by atoms with E-state index in [1.165, 1.54) is 5.56 Å². The Kier molecular flexibility index (Phi) is 6.16. The highest BCUT2D eigenvalue weighted by Gasteiger charge is 2.30. The maximum absolute atomic E-state index is 12.3. The quantitative estimate of drug-likeness (QED) is 0.843. The molecule has 0 aliphatic carbocycles. The number of nitrogens with zero attached hydrogens (tertiary/aromatic N) is 1. The normalized spacial score (nSPS) is 17.7. The van der Waals surface area contributed by atoms with Gasteiger partial charge in [0.1, 0.15) is 6.04 Å². The Morgan fingerprint density at radius 3 is 2.39 bits per heavy atom. The number of carboxylic acid groups (broad SMARTS) is 1. The molecule has 1 amide bonds. The van der Waals surface area contributed by atoms with Crippen LogP contribution in [0.5, 0.6) is 0 Å². The Hall–Kier alpha value is -1.88. The van der Waals surface area contributed by atoms with E-state index in [-0.39, 0.29) is 11.8 Å². The summed E-state index contributed by atoms with van der Waals surface area (Å²) in [6.07, 6.45) is 2.05. The molecule has 5 heteroatoms. The number of aliphatic carboxylic acids is 1. The van der Waals surface area contributed by atoms with E-state index >= 15 is 0 Å². The number of hydrogen-bond acceptors (Lipinski definition) is 3. The Morgan fingerprint density at radius 2 is 1.87 bits per heavy atom. The molecule has 1 fully saturated rings. The van der Waals surface area contributed by atoms with E-state index < -0.39 is 12.0 Å². The zero-order chi connectivity index (χ0) is 16.8. The Labute approximate surface area is 137 Å². The van der Waals surface area contributed by atoms with Gasteiger partial charge >= 0.3 is 5.97 Å². The number of aryl methyl sites for hydroxylation is 1. The summed E-state index contributed by atoms with van der Waals surface area (Å²) in [7, 11) is 0. The maximum atomic E-state index is 12.3. The number of rotatable bonds is 6. The Balaban J connectivity index is 1.79. The highest BCUT2D eigenvalue weighted by molar-refractivity contribution is 5.79. The van der Waals surface area contributed by atoms with Crippen molar-refractivity contribution >= 4 is 11.9 Å². The van der Waals surface area contributed by atoms with Crippen LogP contribution in [-0.4, -0.2) is 41.0 Å². The maximum Gasteiger partial charge on any atom is 0.320 e. The van der Waals surface area contributed by atoms with Crippen molar-refractivity contribution in [1.82, 2.24) is 10.2 Å². The van der Waals surface area contributed by atoms with Gasteiger partial charge in [0.15, 0.2) is 0 Å². The number of benzene rings is 1. The molecule has 0 bridgehead atoms. The molecule has 1 heterocycles. The fourth-order valence-corrected chi connectivity index (χ4v) is 3.10. The fourth-order valence-electron chi connectivity index (χ4n) is 3.10. The average molecular weight is 318 g/mol. The van der Waals surface area contributed by atoms with E-state index in [0.29, 0.717) is 26.1 Å². The number of hydrogen-bond donors (Lipinski definition) is 2. The predicted octanol–water partition coefficient (Wildman–Crippen LogP) is 2.19.